The van der Waals surface area contributed by atoms with Gasteiger partial charge in [0.25, 0.3) is 5.69 Å². The van der Waals surface area contributed by atoms with Crippen molar-refractivity contribution < 1.29 is 22.9 Å². The van der Waals surface area contributed by atoms with Crippen LogP contribution in [0.5, 0.6) is 0 Å². The highest BCUT2D eigenvalue weighted by molar-refractivity contribution is 5.77. The Balaban J connectivity index is 2.72. The standard InChI is InChI=1S/C13H15F3N2O3/c1-12(2,17-11(19)7-8-13(14,15)16)9-3-5-10(6-4-9)18(20)21/h3-6H,7-8H2,1-2H3,(H,17,19). The third kappa shape index (κ3) is 5.41. The highest BCUT2D eigenvalue weighted by Gasteiger charge is 2.30. The molecule has 116 valence electrons. The molecule has 1 rings (SSSR count). The monoisotopic (exact) mass is 304 g/mol. The second kappa shape index (κ2) is 6.11. The molecule has 0 saturated carbocycles. The third-order valence-corrected chi connectivity index (χ3v) is 2.89. The fourth-order valence-corrected chi connectivity index (χ4v) is 1.74. The van der Waals surface area contributed by atoms with Gasteiger partial charge >= 0.3 is 6.18 Å². The molecule has 0 spiro atoms. The highest BCUT2D eigenvalue weighted by Crippen LogP contribution is 2.24. The van der Waals surface area contributed by atoms with E-state index in [2.05, 4.69) is 5.32 Å². The highest BCUT2D eigenvalue weighted by atomic mass is 19.4. The van der Waals surface area contributed by atoms with Crippen LogP contribution in [0.4, 0.5) is 18.9 Å². The van der Waals surface area contributed by atoms with Gasteiger partial charge in [-0.05, 0) is 31.5 Å². The smallest absolute Gasteiger partial charge is 0.347 e. The van der Waals surface area contributed by atoms with Crippen LogP contribution < -0.4 is 5.32 Å². The summed E-state index contributed by atoms with van der Waals surface area (Å²) in [6.07, 6.45) is -6.22. The maximum Gasteiger partial charge on any atom is 0.389 e. The van der Waals surface area contributed by atoms with E-state index in [4.69, 9.17) is 0 Å². The van der Waals surface area contributed by atoms with Gasteiger partial charge in [-0.15, -0.1) is 0 Å². The molecule has 1 aromatic rings. The summed E-state index contributed by atoms with van der Waals surface area (Å²) >= 11 is 0. The summed E-state index contributed by atoms with van der Waals surface area (Å²) in [6.45, 7) is 3.22. The molecule has 0 aliphatic heterocycles. The first-order chi connectivity index (χ1) is 9.51. The quantitative estimate of drug-likeness (QED) is 0.670. The van der Waals surface area contributed by atoms with Gasteiger partial charge in [-0.1, -0.05) is 0 Å². The van der Waals surface area contributed by atoms with E-state index in [0.717, 1.165) is 0 Å². The topological polar surface area (TPSA) is 72.2 Å². The molecule has 5 nitrogen and oxygen atoms in total. The van der Waals surface area contributed by atoms with Gasteiger partial charge in [-0.2, -0.15) is 13.2 Å². The number of halogens is 3. The molecule has 0 fully saturated rings. The number of hydrogen-bond acceptors (Lipinski definition) is 3. The molecular weight excluding hydrogens is 289 g/mol. The van der Waals surface area contributed by atoms with Crippen LogP contribution in [0.15, 0.2) is 24.3 Å². The van der Waals surface area contributed by atoms with Gasteiger partial charge < -0.3 is 5.32 Å². The Bertz CT molecular complexity index is 524. The number of nitrogens with one attached hydrogen (secondary N) is 1. The largest absolute Gasteiger partial charge is 0.389 e. The average Bonchev–Trinajstić information content (AvgIpc) is 2.35. The fourth-order valence-electron chi connectivity index (χ4n) is 1.74. The van der Waals surface area contributed by atoms with E-state index < -0.39 is 35.4 Å². The molecule has 1 amide bonds. The van der Waals surface area contributed by atoms with Gasteiger partial charge in [0.1, 0.15) is 0 Å². The Hall–Kier alpha value is -2.12. The van der Waals surface area contributed by atoms with Gasteiger partial charge in [-0.3, -0.25) is 14.9 Å². The first-order valence-corrected chi connectivity index (χ1v) is 6.14. The number of nitro benzene ring substituents is 1. The molecule has 0 aliphatic rings. The summed E-state index contributed by atoms with van der Waals surface area (Å²) in [6, 6.07) is 5.47. The van der Waals surface area contributed by atoms with Gasteiger partial charge in [0.05, 0.1) is 16.9 Å². The Morgan fingerprint density at radius 2 is 1.76 bits per heavy atom. The van der Waals surface area contributed by atoms with Crippen molar-refractivity contribution in [2.45, 2.75) is 38.4 Å². The summed E-state index contributed by atoms with van der Waals surface area (Å²) in [7, 11) is 0. The number of alkyl halides is 3. The number of nitrogens with zero attached hydrogens (tertiary/aromatic N) is 1. The second-order valence-corrected chi connectivity index (χ2v) is 5.09. The van der Waals surface area contributed by atoms with Crippen molar-refractivity contribution >= 4 is 11.6 Å². The number of non-ortho nitro benzene ring substituents is 1. The number of carbonyl (C=O) groups excluding carboxylic acids is 1. The zero-order valence-corrected chi connectivity index (χ0v) is 11.5. The van der Waals surface area contributed by atoms with E-state index in [-0.39, 0.29) is 5.69 Å². The number of nitro groups is 1. The zero-order chi connectivity index (χ0) is 16.3. The minimum atomic E-state index is -4.38. The molecule has 8 heteroatoms. The molecule has 1 aromatic carbocycles. The molecule has 0 saturated heterocycles. The molecule has 0 radical (unpaired) electrons. The van der Waals surface area contributed by atoms with Crippen molar-refractivity contribution in [3.8, 4) is 0 Å². The molecule has 0 aliphatic carbocycles. The Morgan fingerprint density at radius 1 is 1.24 bits per heavy atom. The van der Waals surface area contributed by atoms with Crippen LogP contribution in [0, 0.1) is 10.1 Å². The Kier molecular flexibility index (Phi) is 4.93. The van der Waals surface area contributed by atoms with Crippen LogP contribution in [0.25, 0.3) is 0 Å². The Morgan fingerprint density at radius 3 is 2.19 bits per heavy atom. The molecule has 0 bridgehead atoms. The summed E-state index contributed by atoms with van der Waals surface area (Å²) in [5, 5.41) is 13.0. The van der Waals surface area contributed by atoms with Crippen molar-refractivity contribution in [3.63, 3.8) is 0 Å². The second-order valence-electron chi connectivity index (χ2n) is 5.09. The summed E-state index contributed by atoms with van der Waals surface area (Å²) < 4.78 is 36.1. The minimum absolute atomic E-state index is 0.0991. The Labute approximate surface area is 119 Å². The lowest BCUT2D eigenvalue weighted by Gasteiger charge is -2.27. The van der Waals surface area contributed by atoms with Crippen molar-refractivity contribution in [3.05, 3.63) is 39.9 Å². The third-order valence-electron chi connectivity index (χ3n) is 2.89. The van der Waals surface area contributed by atoms with E-state index in [1.165, 1.54) is 24.3 Å². The van der Waals surface area contributed by atoms with Crippen LogP contribution >= 0.6 is 0 Å². The van der Waals surface area contributed by atoms with E-state index in [1.807, 2.05) is 0 Å². The minimum Gasteiger partial charge on any atom is -0.347 e. The number of rotatable bonds is 5. The maximum absolute atomic E-state index is 12.0. The molecule has 21 heavy (non-hydrogen) atoms. The molecule has 1 N–H and O–H groups in total. The zero-order valence-electron chi connectivity index (χ0n) is 11.5. The van der Waals surface area contributed by atoms with E-state index in [9.17, 15) is 28.1 Å². The van der Waals surface area contributed by atoms with Crippen molar-refractivity contribution in [2.24, 2.45) is 0 Å². The van der Waals surface area contributed by atoms with E-state index in [0.29, 0.717) is 5.56 Å². The first kappa shape index (κ1) is 16.9. The van der Waals surface area contributed by atoms with Crippen molar-refractivity contribution in [1.82, 2.24) is 5.32 Å². The van der Waals surface area contributed by atoms with Crippen LogP contribution in [0.2, 0.25) is 0 Å². The van der Waals surface area contributed by atoms with E-state index >= 15 is 0 Å². The van der Waals surface area contributed by atoms with Gasteiger partial charge in [0.15, 0.2) is 0 Å². The predicted octanol–water partition coefficient (Wildman–Crippen LogP) is 3.29. The van der Waals surface area contributed by atoms with Crippen LogP contribution in [0.1, 0.15) is 32.3 Å². The average molecular weight is 304 g/mol. The molecule has 0 heterocycles. The first-order valence-electron chi connectivity index (χ1n) is 6.14. The number of benzene rings is 1. The van der Waals surface area contributed by atoms with Crippen LogP contribution in [0.3, 0.4) is 0 Å². The lowest BCUT2D eigenvalue weighted by Crippen LogP contribution is -2.41. The summed E-state index contributed by atoms with van der Waals surface area (Å²) in [5.41, 5.74) is -0.455. The van der Waals surface area contributed by atoms with Gasteiger partial charge in [-0.25, -0.2) is 0 Å². The lowest BCUT2D eigenvalue weighted by atomic mass is 9.94. The summed E-state index contributed by atoms with van der Waals surface area (Å²) in [5.74, 6) is -0.726. The molecule has 0 atom stereocenters. The maximum atomic E-state index is 12.0. The predicted molar refractivity (Wildman–Crippen MR) is 69.6 cm³/mol. The fraction of sp³-hybridized carbons (Fsp3) is 0.462. The van der Waals surface area contributed by atoms with Crippen molar-refractivity contribution in [1.29, 1.82) is 0 Å². The van der Waals surface area contributed by atoms with E-state index in [1.54, 1.807) is 13.8 Å². The number of amides is 1. The van der Waals surface area contributed by atoms with Crippen molar-refractivity contribution in [2.75, 3.05) is 0 Å². The molecule has 0 unspecified atom stereocenters. The van der Waals surface area contributed by atoms with Gasteiger partial charge in [0, 0.05) is 18.6 Å². The molecular formula is C13H15F3N2O3. The number of hydrogen-bond donors (Lipinski definition) is 1. The SMILES string of the molecule is CC(C)(NC(=O)CCC(F)(F)F)c1ccc([N+](=O)[O-])cc1. The molecule has 0 aromatic heterocycles. The summed E-state index contributed by atoms with van der Waals surface area (Å²) in [4.78, 5) is 21.5. The van der Waals surface area contributed by atoms with Crippen LogP contribution in [-0.4, -0.2) is 17.0 Å². The lowest BCUT2D eigenvalue weighted by molar-refractivity contribution is -0.384. The van der Waals surface area contributed by atoms with Crippen LogP contribution in [-0.2, 0) is 10.3 Å². The number of carbonyl (C=O) groups is 1. The van der Waals surface area contributed by atoms with Gasteiger partial charge in [0.2, 0.25) is 5.91 Å². The normalized spacial score (nSPS) is 12.0.